The second kappa shape index (κ2) is 14.5. The smallest absolute Gasteiger partial charge is 0.245 e. The molecule has 3 rings (SSSR count). The van der Waals surface area contributed by atoms with E-state index in [0.717, 1.165) is 0 Å². The van der Waals surface area contributed by atoms with Crippen molar-refractivity contribution in [1.82, 2.24) is 13.7 Å². The number of nitrogens with zero attached hydrogens (tertiary/aromatic N) is 6. The van der Waals surface area contributed by atoms with Crippen LogP contribution in [0, 0.1) is 0 Å². The quantitative estimate of drug-likeness (QED) is 0.275. The van der Waals surface area contributed by atoms with Crippen LogP contribution in [0.1, 0.15) is 39.5 Å². The van der Waals surface area contributed by atoms with Crippen LogP contribution in [0.25, 0.3) is 0 Å². The summed E-state index contributed by atoms with van der Waals surface area (Å²) < 4.78 is 10.8. The normalized spacial score (nSPS) is 12.8. The van der Waals surface area contributed by atoms with Gasteiger partial charge in [0.15, 0.2) is 18.7 Å². The van der Waals surface area contributed by atoms with E-state index < -0.39 is 26.0 Å². The van der Waals surface area contributed by atoms with Gasteiger partial charge in [-0.15, -0.1) is 0 Å². The van der Waals surface area contributed by atoms with Crippen molar-refractivity contribution in [2.45, 2.75) is 39.5 Å². The maximum absolute atomic E-state index is 8.99. The summed E-state index contributed by atoms with van der Waals surface area (Å²) in [5, 5.41) is 52.2. The van der Waals surface area contributed by atoms with E-state index in [-0.39, 0.29) is 0 Å². The van der Waals surface area contributed by atoms with Crippen LogP contribution in [-0.2, 0) is 21.1 Å². The van der Waals surface area contributed by atoms with Crippen LogP contribution < -0.4 is 28.8 Å². The average molecular weight is 440 g/mol. The highest BCUT2D eigenvalue weighted by atomic mass is 16.5. The number of hydrogen-bond donors (Lipinski definition) is 3. The molecule has 3 heterocycles. The minimum atomic E-state index is -2.92. The number of aliphatic hydroxyl groups excluding tert-OH is 3. The molecule has 0 amide bonds. The van der Waals surface area contributed by atoms with Gasteiger partial charge in [0.05, 0.1) is 21.1 Å². The molecule has 3 unspecified atom stereocenters. The van der Waals surface area contributed by atoms with Gasteiger partial charge in [-0.2, -0.15) is 0 Å². The van der Waals surface area contributed by atoms with Gasteiger partial charge in [0.1, 0.15) is 37.2 Å². The molecule has 3 aromatic heterocycles. The molecule has 31 heavy (non-hydrogen) atoms. The van der Waals surface area contributed by atoms with Crippen molar-refractivity contribution in [3.05, 3.63) is 56.2 Å². The molecular weight excluding hydrogens is 407 g/mol. The summed E-state index contributed by atoms with van der Waals surface area (Å²) in [6.07, 6.45) is 15.3. The molecule has 0 spiro atoms. The Kier molecular flexibility index (Phi) is 13.3. The zero-order valence-corrected chi connectivity index (χ0v) is 18.8. The molecule has 174 valence electrons. The van der Waals surface area contributed by atoms with Gasteiger partial charge in [0.2, 0.25) is 19.0 Å². The van der Waals surface area contributed by atoms with E-state index in [1.807, 2.05) is 91.0 Å². The first-order chi connectivity index (χ1) is 14.3. The number of aliphatic hydroxyl groups is 3. The molecule has 3 atom stereocenters. The van der Waals surface area contributed by atoms with Crippen LogP contribution >= 0.6 is 0 Å². The van der Waals surface area contributed by atoms with Gasteiger partial charge in [-0.05, 0) is 0 Å². The Labute approximate surface area is 182 Å². The summed E-state index contributed by atoms with van der Waals surface area (Å²) in [6, 6.07) is 0. The first kappa shape index (κ1) is 28.5. The molecule has 0 aliphatic rings. The Balaban J connectivity index is 0.000000402. The van der Waals surface area contributed by atoms with Gasteiger partial charge < -0.3 is 30.4 Å². The molecule has 0 aliphatic carbocycles. The highest BCUT2D eigenvalue weighted by molar-refractivity contribution is 6.24. The summed E-state index contributed by atoms with van der Waals surface area (Å²) in [5.41, 5.74) is 0. The third kappa shape index (κ3) is 13.4. The number of hydrogen-bond acceptors (Lipinski definition) is 6. The fourth-order valence-corrected chi connectivity index (χ4v) is 2.07. The Morgan fingerprint density at radius 1 is 0.613 bits per heavy atom. The topological polar surface area (TPSA) is 156 Å². The lowest BCUT2D eigenvalue weighted by atomic mass is 10.3. The fourth-order valence-electron chi connectivity index (χ4n) is 2.07. The van der Waals surface area contributed by atoms with E-state index in [4.69, 9.17) is 30.4 Å². The van der Waals surface area contributed by atoms with E-state index >= 15 is 0 Å². The molecule has 13 heteroatoms. The van der Waals surface area contributed by atoms with Gasteiger partial charge in [-0.1, -0.05) is 0 Å². The van der Waals surface area contributed by atoms with Crippen molar-refractivity contribution >= 4 is 7.32 Å². The Bertz CT molecular complexity index is 738. The number of rotatable bonds is 3. The van der Waals surface area contributed by atoms with Gasteiger partial charge >= 0.3 is 0 Å². The van der Waals surface area contributed by atoms with E-state index in [0.29, 0.717) is 0 Å². The summed E-state index contributed by atoms with van der Waals surface area (Å²) >= 11 is 0. The zero-order chi connectivity index (χ0) is 24.1. The van der Waals surface area contributed by atoms with E-state index in [2.05, 4.69) is 0 Å². The fraction of sp³-hybridized carbons (Fsp3) is 0.500. The lowest BCUT2D eigenvalue weighted by Crippen LogP contribution is -2.56. The lowest BCUT2D eigenvalue weighted by molar-refractivity contribution is -0.671. The molecule has 0 fully saturated rings. The highest BCUT2D eigenvalue weighted by Crippen LogP contribution is 1.96. The minimum absolute atomic E-state index is 0.425. The van der Waals surface area contributed by atoms with E-state index in [9.17, 15) is 0 Å². The maximum atomic E-state index is 8.99. The summed E-state index contributed by atoms with van der Waals surface area (Å²) in [6.45, 7) is 5.17. The Hall–Kier alpha value is -2.55. The van der Waals surface area contributed by atoms with Crippen LogP contribution in [0.15, 0.2) is 56.2 Å². The monoisotopic (exact) mass is 440 g/mol. The molecule has 0 saturated carbocycles. The van der Waals surface area contributed by atoms with Crippen LogP contribution in [0.3, 0.4) is 0 Å². The SMILES string of the molecule is CC(O)n1cc[n+](C)c1.CC(O)n1cc[n+](C)c1.CC(O)n1cc[n+](C)c1.[O-]B([O-])[O-]. The van der Waals surface area contributed by atoms with Crippen LogP contribution in [0.2, 0.25) is 0 Å². The van der Waals surface area contributed by atoms with Gasteiger partial charge in [-0.25, -0.2) is 27.4 Å². The molecular formula is C18H33BN6O6. The van der Waals surface area contributed by atoms with Gasteiger partial charge in [-0.3, -0.25) is 7.32 Å². The largest absolute Gasteiger partial charge is 0.907 e. The molecule has 12 nitrogen and oxygen atoms in total. The molecule has 3 aromatic rings. The Morgan fingerprint density at radius 2 is 0.806 bits per heavy atom. The predicted octanol–water partition coefficient (Wildman–Crippen LogP) is -4.48. The summed E-state index contributed by atoms with van der Waals surface area (Å²) in [4.78, 5) is 0. The van der Waals surface area contributed by atoms with Crippen molar-refractivity contribution in [2.24, 2.45) is 21.1 Å². The molecule has 0 bridgehead atoms. The first-order valence-corrected chi connectivity index (χ1v) is 9.43. The number of aryl methyl sites for hydroxylation is 3. The van der Waals surface area contributed by atoms with Crippen molar-refractivity contribution in [2.75, 3.05) is 0 Å². The maximum Gasteiger partial charge on any atom is 0.245 e. The predicted molar refractivity (Wildman–Crippen MR) is 103 cm³/mol. The third-order valence-corrected chi connectivity index (χ3v) is 3.66. The van der Waals surface area contributed by atoms with Crippen LogP contribution in [-0.4, -0.2) is 36.3 Å². The minimum Gasteiger partial charge on any atom is -0.907 e. The summed E-state index contributed by atoms with van der Waals surface area (Å²) in [5.74, 6) is 0. The summed E-state index contributed by atoms with van der Waals surface area (Å²) in [7, 11) is 2.83. The van der Waals surface area contributed by atoms with Gasteiger partial charge in [0, 0.05) is 20.8 Å². The first-order valence-electron chi connectivity index (χ1n) is 9.43. The molecule has 3 N–H and O–H groups in total. The van der Waals surface area contributed by atoms with Crippen molar-refractivity contribution in [1.29, 1.82) is 0 Å². The highest BCUT2D eigenvalue weighted by Gasteiger charge is 2.05. The molecule has 0 radical (unpaired) electrons. The van der Waals surface area contributed by atoms with Crippen LogP contribution in [0.5, 0.6) is 0 Å². The second-order valence-electron chi connectivity index (χ2n) is 6.76. The molecule has 0 aromatic carbocycles. The lowest BCUT2D eigenvalue weighted by Gasteiger charge is -2.35. The van der Waals surface area contributed by atoms with Crippen molar-refractivity contribution in [3.63, 3.8) is 0 Å². The van der Waals surface area contributed by atoms with Crippen LogP contribution in [0.4, 0.5) is 0 Å². The third-order valence-electron chi connectivity index (χ3n) is 3.66. The van der Waals surface area contributed by atoms with Crippen molar-refractivity contribution < 1.29 is 44.1 Å². The van der Waals surface area contributed by atoms with Gasteiger partial charge in [0.25, 0.3) is 0 Å². The molecule has 0 aliphatic heterocycles. The zero-order valence-electron chi connectivity index (χ0n) is 18.8. The Morgan fingerprint density at radius 3 is 0.871 bits per heavy atom. The average Bonchev–Trinajstić information content (AvgIpc) is 3.37. The van der Waals surface area contributed by atoms with E-state index in [1.165, 1.54) is 0 Å². The van der Waals surface area contributed by atoms with E-state index in [1.54, 1.807) is 34.5 Å². The number of aromatic nitrogens is 6. The second-order valence-corrected chi connectivity index (χ2v) is 6.76. The number of imidazole rings is 3. The molecule has 0 saturated heterocycles. The standard InChI is InChI=1S/3C6H11N2O.BO3/c3*1-6(9)8-4-3-7(2)5-8;2-1(3)4/h3*3-6,9H,1-2H3;/q3*+1;-3. The van der Waals surface area contributed by atoms with Crippen molar-refractivity contribution in [3.8, 4) is 0 Å².